The van der Waals surface area contributed by atoms with Crippen molar-refractivity contribution in [3.8, 4) is 0 Å². The molecule has 2 aromatic rings. The van der Waals surface area contributed by atoms with E-state index >= 15 is 0 Å². The van der Waals surface area contributed by atoms with Gasteiger partial charge in [0, 0.05) is 17.7 Å². The number of aryl methyl sites for hydroxylation is 1. The van der Waals surface area contributed by atoms with Gasteiger partial charge in [0.05, 0.1) is 12.1 Å². The number of anilines is 1. The van der Waals surface area contributed by atoms with Crippen LogP contribution in [0.3, 0.4) is 0 Å². The van der Waals surface area contributed by atoms with Crippen LogP contribution in [-0.2, 0) is 16.8 Å². The number of para-hydroxylation sites is 1. The quantitative estimate of drug-likeness (QED) is 0.821. The van der Waals surface area contributed by atoms with Gasteiger partial charge in [-0.15, -0.1) is 0 Å². The van der Waals surface area contributed by atoms with E-state index in [4.69, 9.17) is 0 Å². The maximum Gasteiger partial charge on any atom is 0.264 e. The number of hydrogen-bond acceptors (Lipinski definition) is 3. The Labute approximate surface area is 148 Å². The number of Topliss-reactive ketones (excluding diaryl/α,β-unsaturated/α-hetero) is 1. The lowest BCUT2D eigenvalue weighted by Crippen LogP contribution is -2.42. The van der Waals surface area contributed by atoms with Crippen molar-refractivity contribution in [2.75, 3.05) is 11.4 Å². The van der Waals surface area contributed by atoms with Crippen LogP contribution in [0.2, 0.25) is 0 Å². The number of aliphatic hydroxyl groups is 1. The molecule has 4 nitrogen and oxygen atoms in total. The average molecular weight is 337 g/mol. The molecule has 0 saturated carbocycles. The Morgan fingerprint density at radius 3 is 2.40 bits per heavy atom. The molecule has 1 aliphatic rings. The van der Waals surface area contributed by atoms with Crippen molar-refractivity contribution < 1.29 is 14.7 Å². The van der Waals surface area contributed by atoms with Gasteiger partial charge in [-0.3, -0.25) is 9.59 Å². The van der Waals surface area contributed by atoms with Gasteiger partial charge >= 0.3 is 0 Å². The third-order valence-corrected chi connectivity index (χ3v) is 4.79. The Hall–Kier alpha value is -2.46. The lowest BCUT2D eigenvalue weighted by molar-refractivity contribution is -0.135. The number of carbonyl (C=O) groups excluding carboxylic acids is 2. The highest BCUT2D eigenvalue weighted by Gasteiger charge is 2.50. The second-order valence-electron chi connectivity index (χ2n) is 6.48. The van der Waals surface area contributed by atoms with Crippen molar-refractivity contribution in [2.24, 2.45) is 0 Å². The molecule has 0 saturated heterocycles. The molecular weight excluding hydrogens is 314 g/mol. The molecule has 2 aromatic carbocycles. The van der Waals surface area contributed by atoms with Crippen LogP contribution in [0.4, 0.5) is 5.69 Å². The molecule has 1 heterocycles. The number of hydrogen-bond donors (Lipinski definition) is 1. The lowest BCUT2D eigenvalue weighted by Gasteiger charge is -2.22. The molecule has 1 N–H and O–H groups in total. The van der Waals surface area contributed by atoms with Crippen LogP contribution >= 0.6 is 0 Å². The molecule has 130 valence electrons. The smallest absolute Gasteiger partial charge is 0.264 e. The standard InChI is InChI=1S/C21H23NO3/c1-3-13-22-18-8-6-5-7-17(18)21(25,20(22)24)14-19(23)16-11-9-15(4-2)10-12-16/h5-12,25H,3-4,13-14H2,1-2H3/t21-/m1/s1. The topological polar surface area (TPSA) is 57.6 Å². The highest BCUT2D eigenvalue weighted by molar-refractivity contribution is 6.10. The first-order chi connectivity index (χ1) is 12.0. The van der Waals surface area contributed by atoms with E-state index in [0.29, 0.717) is 23.4 Å². The predicted octanol–water partition coefficient (Wildman–Crippen LogP) is 3.47. The molecule has 0 fully saturated rings. The second kappa shape index (κ2) is 6.81. The van der Waals surface area contributed by atoms with Crippen molar-refractivity contribution in [3.63, 3.8) is 0 Å². The largest absolute Gasteiger partial charge is 0.375 e. The predicted molar refractivity (Wildman–Crippen MR) is 97.8 cm³/mol. The van der Waals surface area contributed by atoms with E-state index in [1.165, 1.54) is 0 Å². The maximum atomic E-state index is 12.9. The fraction of sp³-hybridized carbons (Fsp3) is 0.333. The van der Waals surface area contributed by atoms with Gasteiger partial charge in [-0.1, -0.05) is 56.3 Å². The monoisotopic (exact) mass is 337 g/mol. The first-order valence-corrected chi connectivity index (χ1v) is 8.77. The Kier molecular flexibility index (Phi) is 4.73. The van der Waals surface area contributed by atoms with Gasteiger partial charge in [0.1, 0.15) is 0 Å². The molecule has 0 unspecified atom stereocenters. The fourth-order valence-electron chi connectivity index (χ4n) is 3.38. The Morgan fingerprint density at radius 2 is 1.76 bits per heavy atom. The van der Waals surface area contributed by atoms with E-state index in [2.05, 4.69) is 6.92 Å². The average Bonchev–Trinajstić information content (AvgIpc) is 2.84. The van der Waals surface area contributed by atoms with Gasteiger partial charge in [0.2, 0.25) is 0 Å². The first kappa shape index (κ1) is 17.4. The molecular formula is C21H23NO3. The van der Waals surface area contributed by atoms with Crippen molar-refractivity contribution >= 4 is 17.4 Å². The van der Waals surface area contributed by atoms with Crippen LogP contribution < -0.4 is 4.90 Å². The van der Waals surface area contributed by atoms with Crippen LogP contribution in [0.1, 0.15) is 48.2 Å². The SMILES string of the molecule is CCCN1C(=O)[C@@](O)(CC(=O)c2ccc(CC)cc2)c2ccccc21. The van der Waals surface area contributed by atoms with Crippen LogP contribution in [0.25, 0.3) is 0 Å². The summed E-state index contributed by atoms with van der Waals surface area (Å²) in [5.41, 5.74) is 1.10. The Bertz CT molecular complexity index is 797. The van der Waals surface area contributed by atoms with E-state index in [1.54, 1.807) is 29.2 Å². The maximum absolute atomic E-state index is 12.9. The van der Waals surface area contributed by atoms with E-state index in [9.17, 15) is 14.7 Å². The number of carbonyl (C=O) groups is 2. The minimum absolute atomic E-state index is 0.230. The fourth-order valence-corrected chi connectivity index (χ4v) is 3.38. The second-order valence-corrected chi connectivity index (χ2v) is 6.48. The summed E-state index contributed by atoms with van der Waals surface area (Å²) in [5, 5.41) is 11.1. The van der Waals surface area contributed by atoms with E-state index in [1.807, 2.05) is 31.2 Å². The molecule has 1 amide bonds. The number of fused-ring (bicyclic) bond motifs is 1. The third-order valence-electron chi connectivity index (χ3n) is 4.79. The molecule has 4 heteroatoms. The highest BCUT2D eigenvalue weighted by Crippen LogP contribution is 2.42. The zero-order chi connectivity index (χ0) is 18.0. The molecule has 0 aliphatic carbocycles. The van der Waals surface area contributed by atoms with Crippen molar-refractivity contribution in [1.29, 1.82) is 0 Å². The van der Waals surface area contributed by atoms with Crippen LogP contribution in [0.5, 0.6) is 0 Å². The molecule has 3 rings (SSSR count). The van der Waals surface area contributed by atoms with E-state index in [0.717, 1.165) is 18.4 Å². The summed E-state index contributed by atoms with van der Waals surface area (Å²) in [6, 6.07) is 14.5. The summed E-state index contributed by atoms with van der Waals surface area (Å²) in [6.07, 6.45) is 1.44. The number of nitrogens with zero attached hydrogens (tertiary/aromatic N) is 1. The van der Waals surface area contributed by atoms with Gasteiger partial charge in [0.25, 0.3) is 5.91 Å². The zero-order valence-electron chi connectivity index (χ0n) is 14.7. The Morgan fingerprint density at radius 1 is 1.08 bits per heavy atom. The molecule has 1 aliphatic heterocycles. The lowest BCUT2D eigenvalue weighted by atomic mass is 9.88. The van der Waals surface area contributed by atoms with Gasteiger partial charge in [0.15, 0.2) is 11.4 Å². The third kappa shape index (κ3) is 2.98. The van der Waals surface area contributed by atoms with Crippen LogP contribution in [-0.4, -0.2) is 23.3 Å². The van der Waals surface area contributed by atoms with E-state index in [-0.39, 0.29) is 12.2 Å². The van der Waals surface area contributed by atoms with Gasteiger partial charge in [-0.05, 0) is 24.5 Å². The minimum Gasteiger partial charge on any atom is -0.375 e. The van der Waals surface area contributed by atoms with Gasteiger partial charge < -0.3 is 10.0 Å². The summed E-state index contributed by atoms with van der Waals surface area (Å²) < 4.78 is 0. The first-order valence-electron chi connectivity index (χ1n) is 8.77. The number of benzene rings is 2. The van der Waals surface area contributed by atoms with E-state index < -0.39 is 11.5 Å². The van der Waals surface area contributed by atoms with Crippen molar-refractivity contribution in [2.45, 2.75) is 38.7 Å². The molecule has 25 heavy (non-hydrogen) atoms. The zero-order valence-corrected chi connectivity index (χ0v) is 14.7. The summed E-state index contributed by atoms with van der Waals surface area (Å²) in [5.74, 6) is -0.638. The molecule has 1 atom stereocenters. The Balaban J connectivity index is 1.92. The highest BCUT2D eigenvalue weighted by atomic mass is 16.3. The van der Waals surface area contributed by atoms with Gasteiger partial charge in [-0.25, -0.2) is 0 Å². The van der Waals surface area contributed by atoms with Crippen LogP contribution in [0, 0.1) is 0 Å². The summed E-state index contributed by atoms with van der Waals surface area (Å²) in [7, 11) is 0. The van der Waals surface area contributed by atoms with Gasteiger partial charge in [-0.2, -0.15) is 0 Å². The molecule has 0 radical (unpaired) electrons. The molecule has 0 aromatic heterocycles. The summed E-state index contributed by atoms with van der Waals surface area (Å²) in [4.78, 5) is 27.1. The molecule has 0 spiro atoms. The van der Waals surface area contributed by atoms with Crippen molar-refractivity contribution in [3.05, 3.63) is 65.2 Å². The number of rotatable bonds is 6. The van der Waals surface area contributed by atoms with Crippen LogP contribution in [0.15, 0.2) is 48.5 Å². The minimum atomic E-state index is -1.79. The molecule has 0 bridgehead atoms. The normalized spacial score (nSPS) is 19.2. The number of amides is 1. The number of ketones is 1. The summed E-state index contributed by atoms with van der Waals surface area (Å²) >= 11 is 0. The van der Waals surface area contributed by atoms with Crippen molar-refractivity contribution in [1.82, 2.24) is 0 Å². The summed E-state index contributed by atoms with van der Waals surface area (Å²) in [6.45, 7) is 4.56.